The quantitative estimate of drug-likeness (QED) is 0.754. The van der Waals surface area contributed by atoms with E-state index in [0.717, 1.165) is 17.4 Å². The summed E-state index contributed by atoms with van der Waals surface area (Å²) in [6.07, 6.45) is 1.88. The highest BCUT2D eigenvalue weighted by atomic mass is 32.2. The highest BCUT2D eigenvalue weighted by Crippen LogP contribution is 2.23. The first-order chi connectivity index (χ1) is 9.63. The largest absolute Gasteiger partial charge is 0.508 e. The van der Waals surface area contributed by atoms with E-state index in [1.807, 2.05) is 18.0 Å². The van der Waals surface area contributed by atoms with Crippen molar-refractivity contribution in [2.24, 2.45) is 10.9 Å². The molecular formula is C16H19NOS2. The molecule has 4 heteroatoms. The van der Waals surface area contributed by atoms with Gasteiger partial charge in [-0.3, -0.25) is 4.99 Å². The number of rotatable bonds is 6. The minimum absolute atomic E-state index is 0.268. The summed E-state index contributed by atoms with van der Waals surface area (Å²) in [6, 6.07) is 11.2. The summed E-state index contributed by atoms with van der Waals surface area (Å²) in [4.78, 5) is 6.96. The van der Waals surface area contributed by atoms with Crippen LogP contribution in [0.3, 0.4) is 0 Å². The van der Waals surface area contributed by atoms with Gasteiger partial charge in [0, 0.05) is 21.7 Å². The number of phenolic OH excluding ortho intramolecular Hbond substituents is 1. The molecule has 1 aromatic heterocycles. The van der Waals surface area contributed by atoms with Gasteiger partial charge in [-0.1, -0.05) is 13.8 Å². The van der Waals surface area contributed by atoms with Crippen molar-refractivity contribution < 1.29 is 5.11 Å². The average molecular weight is 305 g/mol. The molecule has 0 amide bonds. The maximum atomic E-state index is 9.21. The molecule has 0 atom stereocenters. The van der Waals surface area contributed by atoms with Crippen molar-refractivity contribution in [1.82, 2.24) is 0 Å². The summed E-state index contributed by atoms with van der Waals surface area (Å²) in [5.41, 5.74) is 0.854. The molecule has 2 nitrogen and oxygen atoms in total. The van der Waals surface area contributed by atoms with Gasteiger partial charge in [0.05, 0.1) is 5.69 Å². The molecular weight excluding hydrogens is 286 g/mol. The Labute approximate surface area is 128 Å². The fraction of sp³-hybridized carbons (Fsp3) is 0.312. The molecule has 106 valence electrons. The number of aromatic hydroxyl groups is 1. The van der Waals surface area contributed by atoms with Crippen LogP contribution in [0.1, 0.15) is 23.6 Å². The van der Waals surface area contributed by atoms with Crippen LogP contribution in [0.4, 0.5) is 5.69 Å². The van der Waals surface area contributed by atoms with E-state index in [1.54, 1.807) is 35.6 Å². The fourth-order valence-corrected chi connectivity index (χ4v) is 3.67. The van der Waals surface area contributed by atoms with Crippen LogP contribution >= 0.6 is 23.1 Å². The summed E-state index contributed by atoms with van der Waals surface area (Å²) >= 11 is 3.77. The molecule has 1 heterocycles. The van der Waals surface area contributed by atoms with Gasteiger partial charge in [-0.25, -0.2) is 0 Å². The molecule has 2 rings (SSSR count). The van der Waals surface area contributed by atoms with Crippen LogP contribution in [0.5, 0.6) is 5.75 Å². The minimum Gasteiger partial charge on any atom is -0.508 e. The topological polar surface area (TPSA) is 32.6 Å². The lowest BCUT2D eigenvalue weighted by molar-refractivity contribution is 0.475. The summed E-state index contributed by atoms with van der Waals surface area (Å²) in [6.45, 7) is 4.49. The first-order valence-electron chi connectivity index (χ1n) is 6.63. The van der Waals surface area contributed by atoms with E-state index in [9.17, 15) is 5.11 Å². The SMILES string of the molecule is CC(C)CSCc1ccc(C=Nc2ccc(O)cc2)s1. The molecule has 0 spiro atoms. The van der Waals surface area contributed by atoms with E-state index >= 15 is 0 Å². The molecule has 0 saturated carbocycles. The molecule has 0 aliphatic heterocycles. The number of hydrogen-bond acceptors (Lipinski definition) is 4. The number of aliphatic imine (C=N–C) groups is 1. The molecule has 0 aliphatic rings. The van der Waals surface area contributed by atoms with Crippen molar-refractivity contribution in [3.8, 4) is 5.75 Å². The Morgan fingerprint density at radius 3 is 2.65 bits per heavy atom. The van der Waals surface area contributed by atoms with Gasteiger partial charge in [-0.15, -0.1) is 11.3 Å². The fourth-order valence-electron chi connectivity index (χ4n) is 1.61. The first-order valence-corrected chi connectivity index (χ1v) is 8.60. The summed E-state index contributed by atoms with van der Waals surface area (Å²) < 4.78 is 0. The van der Waals surface area contributed by atoms with Crippen LogP contribution in [-0.2, 0) is 5.75 Å². The van der Waals surface area contributed by atoms with Crippen molar-refractivity contribution >= 4 is 35.0 Å². The molecule has 20 heavy (non-hydrogen) atoms. The number of phenols is 1. The molecule has 0 unspecified atom stereocenters. The monoisotopic (exact) mass is 305 g/mol. The second-order valence-electron chi connectivity index (χ2n) is 4.99. The van der Waals surface area contributed by atoms with E-state index in [4.69, 9.17) is 0 Å². The average Bonchev–Trinajstić information content (AvgIpc) is 2.86. The predicted octanol–water partition coefficient (Wildman–Crippen LogP) is 5.09. The highest BCUT2D eigenvalue weighted by molar-refractivity contribution is 7.98. The third kappa shape index (κ3) is 5.02. The second kappa shape index (κ2) is 7.50. The predicted molar refractivity (Wildman–Crippen MR) is 90.7 cm³/mol. The third-order valence-electron chi connectivity index (χ3n) is 2.57. The lowest BCUT2D eigenvalue weighted by atomic mass is 10.3. The number of thiophene rings is 1. The number of benzene rings is 1. The van der Waals surface area contributed by atoms with E-state index in [1.165, 1.54) is 15.5 Å². The molecule has 0 bridgehead atoms. The van der Waals surface area contributed by atoms with Crippen molar-refractivity contribution in [1.29, 1.82) is 0 Å². The Bertz CT molecular complexity index is 558. The third-order valence-corrected chi connectivity index (χ3v) is 5.19. The standard InChI is InChI=1S/C16H19NOS2/c1-12(2)10-19-11-16-8-7-15(20-16)9-17-13-3-5-14(18)6-4-13/h3-9,12,18H,10-11H2,1-2H3. The smallest absolute Gasteiger partial charge is 0.115 e. The Morgan fingerprint density at radius 2 is 1.95 bits per heavy atom. The maximum absolute atomic E-state index is 9.21. The van der Waals surface area contributed by atoms with Crippen LogP contribution in [0.15, 0.2) is 41.4 Å². The van der Waals surface area contributed by atoms with Gasteiger partial charge in [0.25, 0.3) is 0 Å². The van der Waals surface area contributed by atoms with Crippen molar-refractivity contribution in [3.63, 3.8) is 0 Å². The van der Waals surface area contributed by atoms with Crippen LogP contribution < -0.4 is 0 Å². The van der Waals surface area contributed by atoms with Crippen LogP contribution in [-0.4, -0.2) is 17.1 Å². The molecule has 2 aromatic rings. The van der Waals surface area contributed by atoms with Crippen LogP contribution in [0, 0.1) is 5.92 Å². The number of hydrogen-bond donors (Lipinski definition) is 1. The van der Waals surface area contributed by atoms with Gasteiger partial charge in [-0.2, -0.15) is 11.8 Å². The molecule has 0 aliphatic carbocycles. The van der Waals surface area contributed by atoms with Gasteiger partial charge in [0.2, 0.25) is 0 Å². The number of nitrogens with zero attached hydrogens (tertiary/aromatic N) is 1. The Hall–Kier alpha value is -1.26. The van der Waals surface area contributed by atoms with Gasteiger partial charge >= 0.3 is 0 Å². The summed E-state index contributed by atoms with van der Waals surface area (Å²) in [7, 11) is 0. The Balaban J connectivity index is 1.90. The van der Waals surface area contributed by atoms with E-state index in [0.29, 0.717) is 0 Å². The zero-order valence-electron chi connectivity index (χ0n) is 11.7. The highest BCUT2D eigenvalue weighted by Gasteiger charge is 2.00. The molecule has 1 N–H and O–H groups in total. The van der Waals surface area contributed by atoms with Crippen molar-refractivity contribution in [2.75, 3.05) is 5.75 Å². The van der Waals surface area contributed by atoms with Gasteiger partial charge in [0.15, 0.2) is 0 Å². The minimum atomic E-state index is 0.268. The normalized spacial score (nSPS) is 11.6. The van der Waals surface area contributed by atoms with Crippen LogP contribution in [0.2, 0.25) is 0 Å². The molecule has 1 aromatic carbocycles. The van der Waals surface area contributed by atoms with Gasteiger partial charge in [0.1, 0.15) is 5.75 Å². The summed E-state index contributed by atoms with van der Waals surface area (Å²) in [5, 5.41) is 9.21. The van der Waals surface area contributed by atoms with Crippen LogP contribution in [0.25, 0.3) is 0 Å². The zero-order valence-corrected chi connectivity index (χ0v) is 13.4. The first kappa shape index (κ1) is 15.1. The zero-order chi connectivity index (χ0) is 14.4. The maximum Gasteiger partial charge on any atom is 0.115 e. The van der Waals surface area contributed by atoms with Gasteiger partial charge in [-0.05, 0) is 48.1 Å². The molecule has 0 radical (unpaired) electrons. The summed E-state index contributed by atoms with van der Waals surface area (Å²) in [5.74, 6) is 3.30. The van der Waals surface area contributed by atoms with Crippen molar-refractivity contribution in [2.45, 2.75) is 19.6 Å². The van der Waals surface area contributed by atoms with E-state index in [2.05, 4.69) is 31.0 Å². The van der Waals surface area contributed by atoms with E-state index in [-0.39, 0.29) is 5.75 Å². The lowest BCUT2D eigenvalue weighted by Gasteiger charge is -2.01. The van der Waals surface area contributed by atoms with Gasteiger partial charge < -0.3 is 5.11 Å². The molecule has 0 fully saturated rings. The number of thioether (sulfide) groups is 1. The Morgan fingerprint density at radius 1 is 1.20 bits per heavy atom. The molecule has 0 saturated heterocycles. The Kier molecular flexibility index (Phi) is 5.68. The van der Waals surface area contributed by atoms with E-state index < -0.39 is 0 Å². The van der Waals surface area contributed by atoms with Crippen molar-refractivity contribution in [3.05, 3.63) is 46.2 Å². The lowest BCUT2D eigenvalue weighted by Crippen LogP contribution is -1.90. The second-order valence-corrected chi connectivity index (χ2v) is 7.22.